The van der Waals surface area contributed by atoms with Gasteiger partial charge in [-0.15, -0.1) is 11.3 Å². The van der Waals surface area contributed by atoms with Crippen molar-refractivity contribution in [1.82, 2.24) is 4.31 Å². The number of halogens is 3. The van der Waals surface area contributed by atoms with Crippen molar-refractivity contribution in [2.45, 2.75) is 29.3 Å². The first kappa shape index (κ1) is 15.7. The van der Waals surface area contributed by atoms with E-state index in [-0.39, 0.29) is 30.1 Å². The van der Waals surface area contributed by atoms with E-state index in [1.165, 1.54) is 10.4 Å². The van der Waals surface area contributed by atoms with Gasteiger partial charge in [-0.25, -0.2) is 8.42 Å². The van der Waals surface area contributed by atoms with Crippen molar-refractivity contribution in [3.63, 3.8) is 0 Å². The van der Waals surface area contributed by atoms with Gasteiger partial charge in [-0.3, -0.25) is 0 Å². The van der Waals surface area contributed by atoms with E-state index in [1.54, 1.807) is 11.4 Å². The van der Waals surface area contributed by atoms with E-state index in [4.69, 9.17) is 0 Å². The molecule has 0 saturated carbocycles. The van der Waals surface area contributed by atoms with Crippen molar-refractivity contribution in [3.8, 4) is 0 Å². The minimum Gasteiger partial charge on any atom is -0.383 e. The van der Waals surface area contributed by atoms with Crippen LogP contribution in [0.15, 0.2) is 21.7 Å². The number of thiophene rings is 1. The van der Waals surface area contributed by atoms with Crippen LogP contribution in [0, 0.1) is 5.92 Å². The van der Waals surface area contributed by atoms with E-state index in [0.717, 1.165) is 11.3 Å². The summed E-state index contributed by atoms with van der Waals surface area (Å²) in [5.74, 6) is -0.940. The average molecular weight is 329 g/mol. The summed E-state index contributed by atoms with van der Waals surface area (Å²) in [6, 6.07) is 3.08. The van der Waals surface area contributed by atoms with Gasteiger partial charge in [0.15, 0.2) is 6.10 Å². The molecular weight excluding hydrogens is 315 g/mol. The summed E-state index contributed by atoms with van der Waals surface area (Å²) in [4.78, 5) is 0. The summed E-state index contributed by atoms with van der Waals surface area (Å²) in [7, 11) is -3.61. The van der Waals surface area contributed by atoms with Gasteiger partial charge in [-0.1, -0.05) is 6.07 Å². The number of hydrogen-bond donors (Lipinski definition) is 1. The van der Waals surface area contributed by atoms with Gasteiger partial charge in [0.05, 0.1) is 0 Å². The number of sulfonamides is 1. The molecular formula is C11H14F3NO3S2. The molecule has 1 atom stereocenters. The molecule has 4 nitrogen and oxygen atoms in total. The van der Waals surface area contributed by atoms with Crippen LogP contribution in [0.4, 0.5) is 13.2 Å². The molecule has 114 valence electrons. The Morgan fingerprint density at radius 3 is 2.40 bits per heavy atom. The molecule has 0 bridgehead atoms. The second kappa shape index (κ2) is 5.63. The maximum atomic E-state index is 12.4. The van der Waals surface area contributed by atoms with Gasteiger partial charge in [0.1, 0.15) is 4.21 Å². The van der Waals surface area contributed by atoms with Crippen molar-refractivity contribution in [1.29, 1.82) is 0 Å². The molecule has 1 aliphatic rings. The quantitative estimate of drug-likeness (QED) is 0.924. The Bertz CT molecular complexity index is 534. The second-order valence-corrected chi connectivity index (χ2v) is 7.77. The third-order valence-electron chi connectivity index (χ3n) is 3.37. The number of piperidine rings is 1. The first-order chi connectivity index (χ1) is 9.23. The number of rotatable bonds is 3. The smallest absolute Gasteiger partial charge is 0.383 e. The van der Waals surface area contributed by atoms with Crippen LogP contribution < -0.4 is 0 Å². The van der Waals surface area contributed by atoms with Crippen LogP contribution in [-0.4, -0.2) is 43.2 Å². The molecule has 20 heavy (non-hydrogen) atoms. The zero-order valence-corrected chi connectivity index (χ0v) is 12.0. The number of aliphatic hydroxyl groups is 1. The highest BCUT2D eigenvalue weighted by atomic mass is 32.2. The van der Waals surface area contributed by atoms with Crippen LogP contribution in [0.3, 0.4) is 0 Å². The van der Waals surface area contributed by atoms with Crippen molar-refractivity contribution in [2.75, 3.05) is 13.1 Å². The number of alkyl halides is 3. The molecule has 1 aromatic heterocycles. The molecule has 1 aromatic rings. The predicted octanol–water partition coefficient (Wildman–Crippen LogP) is 2.07. The van der Waals surface area contributed by atoms with Gasteiger partial charge in [-0.05, 0) is 30.2 Å². The molecule has 2 rings (SSSR count). The maximum absolute atomic E-state index is 12.4. The molecule has 0 unspecified atom stereocenters. The van der Waals surface area contributed by atoms with Crippen LogP contribution >= 0.6 is 11.3 Å². The minimum atomic E-state index is -4.65. The Balaban J connectivity index is 2.02. The van der Waals surface area contributed by atoms with Crippen LogP contribution in [0.5, 0.6) is 0 Å². The van der Waals surface area contributed by atoms with E-state index in [9.17, 15) is 26.7 Å². The molecule has 1 saturated heterocycles. The summed E-state index contributed by atoms with van der Waals surface area (Å²) < 4.78 is 62.9. The zero-order chi connectivity index (χ0) is 15.0. The lowest BCUT2D eigenvalue weighted by atomic mass is 9.92. The summed E-state index contributed by atoms with van der Waals surface area (Å²) in [5.41, 5.74) is 0. The fourth-order valence-electron chi connectivity index (χ4n) is 2.24. The number of hydrogen-bond acceptors (Lipinski definition) is 4. The lowest BCUT2D eigenvalue weighted by Crippen LogP contribution is -2.44. The van der Waals surface area contributed by atoms with E-state index in [1.807, 2.05) is 0 Å². The molecule has 0 aromatic carbocycles. The summed E-state index contributed by atoms with van der Waals surface area (Å²) in [6.07, 6.45) is -7.02. The monoisotopic (exact) mass is 329 g/mol. The topological polar surface area (TPSA) is 57.6 Å². The van der Waals surface area contributed by atoms with E-state index in [2.05, 4.69) is 0 Å². The predicted molar refractivity (Wildman–Crippen MR) is 67.9 cm³/mol. The van der Waals surface area contributed by atoms with Crippen molar-refractivity contribution in [3.05, 3.63) is 17.5 Å². The highest BCUT2D eigenvalue weighted by Crippen LogP contribution is 2.33. The fraction of sp³-hybridized carbons (Fsp3) is 0.636. The molecule has 0 radical (unpaired) electrons. The normalized spacial score (nSPS) is 21.0. The van der Waals surface area contributed by atoms with Crippen molar-refractivity contribution >= 4 is 21.4 Å². The molecule has 2 heterocycles. The third-order valence-corrected chi connectivity index (χ3v) is 6.64. The first-order valence-electron chi connectivity index (χ1n) is 6.01. The summed E-state index contributed by atoms with van der Waals surface area (Å²) in [5, 5.41) is 10.8. The van der Waals surface area contributed by atoms with E-state index >= 15 is 0 Å². The van der Waals surface area contributed by atoms with Crippen molar-refractivity contribution in [2.24, 2.45) is 5.92 Å². The Kier molecular flexibility index (Phi) is 4.43. The maximum Gasteiger partial charge on any atom is 0.414 e. The first-order valence-corrected chi connectivity index (χ1v) is 8.33. The molecule has 1 fully saturated rings. The standard InChI is InChI=1S/C11H14F3NO3S2/c12-11(13,14)10(16)8-3-5-15(6-4-8)20(17,18)9-2-1-7-19-9/h1-2,7-8,10,16H,3-6H2/t10-/m0/s1. The van der Waals surface area contributed by atoms with Gasteiger partial charge in [0.25, 0.3) is 10.0 Å². The molecule has 1 aliphatic heterocycles. The molecule has 9 heteroatoms. The van der Waals surface area contributed by atoms with Crippen LogP contribution in [-0.2, 0) is 10.0 Å². The SMILES string of the molecule is O=S(=O)(c1cccs1)N1CCC([C@H](O)C(F)(F)F)CC1. The lowest BCUT2D eigenvalue weighted by molar-refractivity contribution is -0.222. The molecule has 0 spiro atoms. The van der Waals surface area contributed by atoms with E-state index in [0.29, 0.717) is 0 Å². The highest BCUT2D eigenvalue weighted by molar-refractivity contribution is 7.91. The minimum absolute atomic E-state index is 0.00194. The number of aliphatic hydroxyl groups excluding tert-OH is 1. The Labute approximate surface area is 118 Å². The summed E-state index contributed by atoms with van der Waals surface area (Å²) in [6.45, 7) is -0.00389. The van der Waals surface area contributed by atoms with Crippen LogP contribution in [0.25, 0.3) is 0 Å². The molecule has 1 N–H and O–H groups in total. The number of nitrogens with zero attached hydrogens (tertiary/aromatic N) is 1. The van der Waals surface area contributed by atoms with Gasteiger partial charge in [-0.2, -0.15) is 17.5 Å². The Hall–Kier alpha value is -0.640. The molecule has 0 amide bonds. The molecule has 0 aliphatic carbocycles. The summed E-state index contributed by atoms with van der Waals surface area (Å²) >= 11 is 1.08. The van der Waals surface area contributed by atoms with Crippen LogP contribution in [0.1, 0.15) is 12.8 Å². The van der Waals surface area contributed by atoms with Crippen LogP contribution in [0.2, 0.25) is 0 Å². The largest absolute Gasteiger partial charge is 0.414 e. The van der Waals surface area contributed by atoms with Crippen molar-refractivity contribution < 1.29 is 26.7 Å². The Morgan fingerprint density at radius 1 is 1.35 bits per heavy atom. The highest BCUT2D eigenvalue weighted by Gasteiger charge is 2.45. The second-order valence-electron chi connectivity index (χ2n) is 4.66. The van der Waals surface area contributed by atoms with Gasteiger partial charge >= 0.3 is 6.18 Å². The zero-order valence-electron chi connectivity index (χ0n) is 10.4. The van der Waals surface area contributed by atoms with Gasteiger partial charge in [0, 0.05) is 13.1 Å². The third kappa shape index (κ3) is 3.16. The Morgan fingerprint density at radius 2 is 1.95 bits per heavy atom. The lowest BCUT2D eigenvalue weighted by Gasteiger charge is -2.33. The average Bonchev–Trinajstić information content (AvgIpc) is 2.91. The van der Waals surface area contributed by atoms with Gasteiger partial charge in [0.2, 0.25) is 0 Å². The van der Waals surface area contributed by atoms with Gasteiger partial charge < -0.3 is 5.11 Å². The van der Waals surface area contributed by atoms with E-state index < -0.39 is 28.2 Å². The fourth-order valence-corrected chi connectivity index (χ4v) is 4.85.